The summed E-state index contributed by atoms with van der Waals surface area (Å²) in [6.07, 6.45) is 0. The Morgan fingerprint density at radius 2 is 2.00 bits per heavy atom. The maximum absolute atomic E-state index is 11.0. The van der Waals surface area contributed by atoms with Crippen molar-refractivity contribution in [2.75, 3.05) is 19.8 Å². The molecular formula is C5H12N2O4S. The summed E-state index contributed by atoms with van der Waals surface area (Å²) in [4.78, 5) is 10.2. The highest BCUT2D eigenvalue weighted by Gasteiger charge is 2.22. The predicted molar refractivity (Wildman–Crippen MR) is 43.1 cm³/mol. The molecule has 0 aromatic carbocycles. The van der Waals surface area contributed by atoms with Gasteiger partial charge in [-0.05, 0) is 0 Å². The molecule has 12 heavy (non-hydrogen) atoms. The van der Waals surface area contributed by atoms with Crippen molar-refractivity contribution in [3.05, 3.63) is 0 Å². The van der Waals surface area contributed by atoms with Gasteiger partial charge in [0.1, 0.15) is 6.04 Å². The first-order valence-electron chi connectivity index (χ1n) is 3.16. The van der Waals surface area contributed by atoms with E-state index in [0.717, 1.165) is 4.31 Å². The summed E-state index contributed by atoms with van der Waals surface area (Å²) < 4.78 is 23.0. The number of carboxylic acids is 1. The van der Waals surface area contributed by atoms with E-state index in [1.807, 2.05) is 0 Å². The molecule has 72 valence electrons. The van der Waals surface area contributed by atoms with E-state index in [1.54, 1.807) is 0 Å². The minimum Gasteiger partial charge on any atom is -0.480 e. The first-order chi connectivity index (χ1) is 5.27. The number of hydrogen-bond donors (Lipinski definition) is 2. The van der Waals surface area contributed by atoms with Gasteiger partial charge in [0, 0.05) is 14.1 Å². The fraction of sp³-hybridized carbons (Fsp3) is 0.800. The number of hydrogen-bond acceptors (Lipinski definition) is 4. The molecule has 0 bridgehead atoms. The second-order valence-electron chi connectivity index (χ2n) is 2.51. The van der Waals surface area contributed by atoms with E-state index in [2.05, 4.69) is 0 Å². The van der Waals surface area contributed by atoms with Crippen LogP contribution in [0.3, 0.4) is 0 Å². The molecular weight excluding hydrogens is 184 g/mol. The van der Waals surface area contributed by atoms with Crippen LogP contribution in [-0.2, 0) is 14.8 Å². The summed E-state index contributed by atoms with van der Waals surface area (Å²) in [5, 5.41) is 8.32. The number of rotatable bonds is 4. The first kappa shape index (κ1) is 11.3. The Labute approximate surface area is 71.0 Å². The van der Waals surface area contributed by atoms with Gasteiger partial charge in [-0.2, -0.15) is 0 Å². The monoisotopic (exact) mass is 196 g/mol. The van der Waals surface area contributed by atoms with Gasteiger partial charge in [-0.1, -0.05) is 0 Å². The Kier molecular flexibility index (Phi) is 3.62. The van der Waals surface area contributed by atoms with E-state index in [1.165, 1.54) is 14.1 Å². The maximum Gasteiger partial charge on any atom is 0.321 e. The zero-order chi connectivity index (χ0) is 9.94. The summed E-state index contributed by atoms with van der Waals surface area (Å²) in [6, 6.07) is -1.36. The number of sulfonamides is 1. The highest BCUT2D eigenvalue weighted by molar-refractivity contribution is 7.89. The zero-order valence-electron chi connectivity index (χ0n) is 6.89. The average Bonchev–Trinajstić information content (AvgIpc) is 1.85. The lowest BCUT2D eigenvalue weighted by atomic mass is 10.4. The molecule has 0 radical (unpaired) electrons. The Bertz CT molecular complexity index is 259. The largest absolute Gasteiger partial charge is 0.480 e. The van der Waals surface area contributed by atoms with E-state index in [9.17, 15) is 13.2 Å². The van der Waals surface area contributed by atoms with Crippen LogP contribution in [-0.4, -0.2) is 49.7 Å². The summed E-state index contributed by atoms with van der Waals surface area (Å²) in [5.74, 6) is -1.89. The fourth-order valence-electron chi connectivity index (χ4n) is 0.447. The van der Waals surface area contributed by atoms with E-state index in [-0.39, 0.29) is 0 Å². The molecule has 3 N–H and O–H groups in total. The average molecular weight is 196 g/mol. The minimum atomic E-state index is -3.51. The van der Waals surface area contributed by atoms with Gasteiger partial charge in [0.05, 0.1) is 5.75 Å². The standard InChI is InChI=1S/C5H12N2O4S/c1-7(2)12(10,11)3-4(6)5(8)9/h4H,3,6H2,1-2H3,(H,8,9)/t4-/m0/s1. The minimum absolute atomic E-state index is 0.574. The SMILES string of the molecule is CN(C)S(=O)(=O)C[C@H](N)C(=O)O. The lowest BCUT2D eigenvalue weighted by Gasteiger charge is -2.12. The Morgan fingerprint density at radius 1 is 1.58 bits per heavy atom. The second-order valence-corrected chi connectivity index (χ2v) is 4.73. The lowest BCUT2D eigenvalue weighted by Crippen LogP contribution is -2.41. The van der Waals surface area contributed by atoms with Gasteiger partial charge in [-0.3, -0.25) is 4.79 Å². The van der Waals surface area contributed by atoms with Crippen LogP contribution in [0.2, 0.25) is 0 Å². The van der Waals surface area contributed by atoms with Gasteiger partial charge in [0.15, 0.2) is 0 Å². The summed E-state index contributed by atoms with van der Waals surface area (Å²) >= 11 is 0. The van der Waals surface area contributed by atoms with Gasteiger partial charge >= 0.3 is 5.97 Å². The first-order valence-corrected chi connectivity index (χ1v) is 4.77. The van der Waals surface area contributed by atoms with Crippen LogP contribution in [0.4, 0.5) is 0 Å². The summed E-state index contributed by atoms with van der Waals surface area (Å²) in [5.41, 5.74) is 5.04. The third-order valence-corrected chi connectivity index (χ3v) is 3.16. The normalized spacial score (nSPS) is 14.7. The van der Waals surface area contributed by atoms with Crippen LogP contribution in [0.1, 0.15) is 0 Å². The summed E-state index contributed by atoms with van der Waals surface area (Å²) in [6.45, 7) is 0. The Morgan fingerprint density at radius 3 is 2.25 bits per heavy atom. The van der Waals surface area contributed by atoms with Crippen molar-refractivity contribution in [2.24, 2.45) is 5.73 Å². The third-order valence-electron chi connectivity index (χ3n) is 1.26. The van der Waals surface area contributed by atoms with Crippen LogP contribution >= 0.6 is 0 Å². The Balaban J connectivity index is 4.37. The Hall–Kier alpha value is -0.660. The van der Waals surface area contributed by atoms with Gasteiger partial charge in [-0.25, -0.2) is 12.7 Å². The molecule has 1 atom stereocenters. The summed E-state index contributed by atoms with van der Waals surface area (Å²) in [7, 11) is -0.868. The molecule has 0 aromatic rings. The van der Waals surface area contributed by atoms with Crippen molar-refractivity contribution in [3.8, 4) is 0 Å². The van der Waals surface area contributed by atoms with Gasteiger partial charge in [0.25, 0.3) is 0 Å². The molecule has 0 heterocycles. The third kappa shape index (κ3) is 3.16. The molecule has 0 aliphatic heterocycles. The molecule has 0 spiro atoms. The van der Waals surface area contributed by atoms with Gasteiger partial charge in [0.2, 0.25) is 10.0 Å². The molecule has 6 nitrogen and oxygen atoms in total. The molecule has 0 amide bonds. The van der Waals surface area contributed by atoms with Gasteiger partial charge in [-0.15, -0.1) is 0 Å². The topological polar surface area (TPSA) is 101 Å². The number of carbonyl (C=O) groups is 1. The zero-order valence-corrected chi connectivity index (χ0v) is 7.71. The van der Waals surface area contributed by atoms with E-state index in [0.29, 0.717) is 0 Å². The molecule has 0 saturated heterocycles. The molecule has 7 heteroatoms. The van der Waals surface area contributed by atoms with Crippen molar-refractivity contribution in [2.45, 2.75) is 6.04 Å². The molecule has 0 aromatic heterocycles. The fourth-order valence-corrected chi connectivity index (χ4v) is 1.34. The van der Waals surface area contributed by atoms with Crippen molar-refractivity contribution in [3.63, 3.8) is 0 Å². The van der Waals surface area contributed by atoms with Crippen molar-refractivity contribution in [1.29, 1.82) is 0 Å². The van der Waals surface area contributed by atoms with Crippen molar-refractivity contribution < 1.29 is 18.3 Å². The van der Waals surface area contributed by atoms with E-state index >= 15 is 0 Å². The quantitative estimate of drug-likeness (QED) is 0.557. The predicted octanol–water partition coefficient (Wildman–Crippen LogP) is -1.71. The number of nitrogens with two attached hydrogens (primary N) is 1. The highest BCUT2D eigenvalue weighted by atomic mass is 32.2. The molecule has 0 unspecified atom stereocenters. The lowest BCUT2D eigenvalue weighted by molar-refractivity contribution is -0.137. The maximum atomic E-state index is 11.0. The smallest absolute Gasteiger partial charge is 0.321 e. The van der Waals surface area contributed by atoms with Crippen LogP contribution in [0.15, 0.2) is 0 Å². The molecule has 0 aliphatic carbocycles. The number of carboxylic acid groups (broad SMARTS) is 1. The van der Waals surface area contributed by atoms with Gasteiger partial charge < -0.3 is 10.8 Å². The van der Waals surface area contributed by atoms with Crippen molar-refractivity contribution in [1.82, 2.24) is 4.31 Å². The second kappa shape index (κ2) is 3.83. The van der Waals surface area contributed by atoms with Crippen LogP contribution in [0.5, 0.6) is 0 Å². The number of aliphatic carboxylic acids is 1. The van der Waals surface area contributed by atoms with Crippen LogP contribution in [0, 0.1) is 0 Å². The van der Waals surface area contributed by atoms with Crippen LogP contribution in [0.25, 0.3) is 0 Å². The van der Waals surface area contributed by atoms with Crippen molar-refractivity contribution >= 4 is 16.0 Å². The number of nitrogens with zero attached hydrogens (tertiary/aromatic N) is 1. The van der Waals surface area contributed by atoms with E-state index < -0.39 is 27.8 Å². The van der Waals surface area contributed by atoms with Crippen LogP contribution < -0.4 is 5.73 Å². The molecule has 0 rings (SSSR count). The van der Waals surface area contributed by atoms with E-state index in [4.69, 9.17) is 10.8 Å². The molecule has 0 aliphatic rings. The highest BCUT2D eigenvalue weighted by Crippen LogP contribution is 1.96. The molecule has 0 fully saturated rings. The molecule has 0 saturated carbocycles.